The van der Waals surface area contributed by atoms with Crippen molar-refractivity contribution in [2.75, 3.05) is 0 Å². The lowest BCUT2D eigenvalue weighted by atomic mass is 9.61. The molecule has 48 heavy (non-hydrogen) atoms. The molecule has 1 heterocycles. The van der Waals surface area contributed by atoms with Crippen molar-refractivity contribution in [3.63, 3.8) is 0 Å². The highest BCUT2D eigenvalue weighted by atomic mass is 16.6. The minimum atomic E-state index is -1.11. The highest BCUT2D eigenvalue weighted by Gasteiger charge is 2.76. The van der Waals surface area contributed by atoms with E-state index in [1.165, 1.54) is 6.92 Å². The maximum atomic E-state index is 13.1. The van der Waals surface area contributed by atoms with Crippen LogP contribution in [0.25, 0.3) is 0 Å². The van der Waals surface area contributed by atoms with Gasteiger partial charge in [-0.15, -0.1) is 5.73 Å². The van der Waals surface area contributed by atoms with Crippen LogP contribution >= 0.6 is 0 Å². The van der Waals surface area contributed by atoms with Crippen molar-refractivity contribution in [3.05, 3.63) is 100 Å². The molecule has 6 heteroatoms. The highest BCUT2D eigenvalue weighted by molar-refractivity contribution is 5.96. The molecule has 0 bridgehead atoms. The number of rotatable bonds is 11. The normalized spacial score (nSPS) is 32.4. The Morgan fingerprint density at radius 3 is 1.92 bits per heavy atom. The predicted octanol–water partition coefficient (Wildman–Crippen LogP) is 8.69. The van der Waals surface area contributed by atoms with E-state index in [9.17, 15) is 19.8 Å². The number of carbonyl (C=O) groups excluding carboxylic acids is 2. The van der Waals surface area contributed by atoms with Crippen molar-refractivity contribution in [1.29, 1.82) is 0 Å². The number of hydrogen-bond donors (Lipinski definition) is 2. The molecule has 0 aromatic rings. The summed E-state index contributed by atoms with van der Waals surface area (Å²) in [5, 5.41) is 21.4. The summed E-state index contributed by atoms with van der Waals surface area (Å²) < 4.78 is 11.6. The van der Waals surface area contributed by atoms with Gasteiger partial charge in [0.05, 0.1) is 17.3 Å². The zero-order valence-electron chi connectivity index (χ0n) is 31.1. The summed E-state index contributed by atoms with van der Waals surface area (Å²) in [7, 11) is 0. The van der Waals surface area contributed by atoms with E-state index in [-0.39, 0.29) is 34.8 Å². The molecule has 0 amide bonds. The van der Waals surface area contributed by atoms with Gasteiger partial charge in [0.25, 0.3) is 0 Å². The van der Waals surface area contributed by atoms with Crippen LogP contribution in [0.4, 0.5) is 0 Å². The standard InChI is InChI=1S/C42H58O6/c1-29(18-14-19-31(3)22-23-37-38(6,7)26-35(47-33(5)43)27-40(37,10)46)16-12-13-17-30(2)20-15-21-32(4)36(45)28-42-39(8,9)24-34(44)25-41(42,11)48-42/h12-22,34-35,44,46H,24-28H2,1-11H3/b13-12-,18-14-,20-15-,29-16-,30-17-,31-19-,32-21-/t23?,34-,35?,40?,41+,42-/m0/s1. The Morgan fingerprint density at radius 2 is 1.38 bits per heavy atom. The van der Waals surface area contributed by atoms with Crippen LogP contribution in [0, 0.1) is 10.8 Å². The summed E-state index contributed by atoms with van der Waals surface area (Å²) >= 11 is 0. The summed E-state index contributed by atoms with van der Waals surface area (Å²) in [5.74, 6) is -0.244. The highest BCUT2D eigenvalue weighted by Crippen LogP contribution is 2.67. The second kappa shape index (κ2) is 15.1. The van der Waals surface area contributed by atoms with Gasteiger partial charge in [-0.05, 0) is 82.4 Å². The van der Waals surface area contributed by atoms with Crippen molar-refractivity contribution in [2.24, 2.45) is 10.8 Å². The largest absolute Gasteiger partial charge is 0.462 e. The van der Waals surface area contributed by atoms with Crippen molar-refractivity contribution < 1.29 is 29.3 Å². The monoisotopic (exact) mass is 658 g/mol. The number of Topliss-reactive ketones (excluding diaryl/α,β-unsaturated/α-hetero) is 1. The number of esters is 1. The second-order valence-electron chi connectivity index (χ2n) is 15.9. The van der Waals surface area contributed by atoms with E-state index < -0.39 is 16.8 Å². The van der Waals surface area contributed by atoms with E-state index in [2.05, 4.69) is 19.6 Å². The topological polar surface area (TPSA) is 96.4 Å². The predicted molar refractivity (Wildman–Crippen MR) is 194 cm³/mol. The van der Waals surface area contributed by atoms with Crippen LogP contribution in [0.2, 0.25) is 0 Å². The fraction of sp³-hybridized carbons (Fsp3) is 0.548. The number of hydrogen-bond acceptors (Lipinski definition) is 6. The van der Waals surface area contributed by atoms with E-state index in [1.807, 2.05) is 115 Å². The zero-order valence-corrected chi connectivity index (χ0v) is 31.1. The molecule has 262 valence electrons. The average molecular weight is 659 g/mol. The molecule has 3 fully saturated rings. The van der Waals surface area contributed by atoms with Crippen LogP contribution in [-0.4, -0.2) is 51.0 Å². The summed E-state index contributed by atoms with van der Waals surface area (Å²) in [5.41, 5.74) is 5.35. The molecule has 3 aliphatic rings. The molecule has 0 spiro atoms. The van der Waals surface area contributed by atoms with Gasteiger partial charge in [-0.3, -0.25) is 9.59 Å². The van der Waals surface area contributed by atoms with Gasteiger partial charge in [-0.25, -0.2) is 0 Å². The first-order chi connectivity index (χ1) is 22.1. The molecule has 3 rings (SSSR count). The van der Waals surface area contributed by atoms with Gasteiger partial charge in [0.1, 0.15) is 11.7 Å². The lowest BCUT2D eigenvalue weighted by Crippen LogP contribution is -2.48. The quantitative estimate of drug-likeness (QED) is 0.0758. The molecular formula is C42H58O6. The Labute approximate surface area is 289 Å². The first-order valence-electron chi connectivity index (χ1n) is 17.1. The molecule has 5 atom stereocenters. The number of fused-ring (bicyclic) bond motifs is 1. The van der Waals surface area contributed by atoms with Gasteiger partial charge < -0.3 is 19.7 Å². The number of epoxide rings is 1. The van der Waals surface area contributed by atoms with Gasteiger partial charge in [0.2, 0.25) is 0 Å². The average Bonchev–Trinajstić information content (AvgIpc) is 3.53. The van der Waals surface area contributed by atoms with E-state index in [4.69, 9.17) is 9.47 Å². The number of aliphatic hydroxyl groups is 2. The molecule has 0 radical (unpaired) electrons. The minimum Gasteiger partial charge on any atom is -0.462 e. The molecular weight excluding hydrogens is 600 g/mol. The van der Waals surface area contributed by atoms with Gasteiger partial charge in [-0.1, -0.05) is 99.6 Å². The van der Waals surface area contributed by atoms with Gasteiger partial charge in [0, 0.05) is 31.8 Å². The van der Waals surface area contributed by atoms with E-state index >= 15 is 0 Å². The van der Waals surface area contributed by atoms with E-state index in [0.29, 0.717) is 37.7 Å². The third-order valence-corrected chi connectivity index (χ3v) is 10.1. The minimum absolute atomic E-state index is 0.0816. The lowest BCUT2D eigenvalue weighted by molar-refractivity contribution is -0.152. The second-order valence-corrected chi connectivity index (χ2v) is 15.9. The Kier molecular flexibility index (Phi) is 12.3. The Hall–Kier alpha value is -3.28. The molecule has 2 unspecified atom stereocenters. The van der Waals surface area contributed by atoms with Crippen molar-refractivity contribution in [3.8, 4) is 0 Å². The van der Waals surface area contributed by atoms with Crippen LogP contribution in [-0.2, 0) is 19.1 Å². The summed E-state index contributed by atoms with van der Waals surface area (Å²) in [6.07, 6.45) is 23.6. The number of aliphatic hydroxyl groups excluding tert-OH is 1. The maximum absolute atomic E-state index is 13.1. The van der Waals surface area contributed by atoms with Crippen LogP contribution in [0.3, 0.4) is 0 Å². The maximum Gasteiger partial charge on any atom is 0.302 e. The van der Waals surface area contributed by atoms with Gasteiger partial charge in [0.15, 0.2) is 5.78 Å². The fourth-order valence-electron chi connectivity index (χ4n) is 7.76. The van der Waals surface area contributed by atoms with E-state index in [1.54, 1.807) is 6.92 Å². The first kappa shape index (κ1) is 39.2. The molecule has 2 N–H and O–H groups in total. The van der Waals surface area contributed by atoms with E-state index in [0.717, 1.165) is 22.3 Å². The fourth-order valence-corrected chi connectivity index (χ4v) is 7.76. The van der Waals surface area contributed by atoms with Crippen LogP contribution < -0.4 is 0 Å². The molecule has 2 aliphatic carbocycles. The third kappa shape index (κ3) is 9.66. The third-order valence-electron chi connectivity index (χ3n) is 10.1. The first-order valence-corrected chi connectivity index (χ1v) is 17.1. The SMILES string of the molecule is CC(=O)OC1CC(C)(C)C(=C=C\C(C)=C/C=C\C(C)=C/C=C\C=C(C)/C=C\C=C(\C)C(=O)C[C@@]23O[C@]2(C)C[C@@H](O)CC3(C)C)C(C)(O)C1. The molecule has 1 saturated heterocycles. The zero-order chi connectivity index (χ0) is 36.1. The molecule has 6 nitrogen and oxygen atoms in total. The van der Waals surface area contributed by atoms with Crippen molar-refractivity contribution in [1.82, 2.24) is 0 Å². The lowest BCUT2D eigenvalue weighted by Gasteiger charge is -2.44. The molecule has 0 aromatic carbocycles. The molecule has 2 saturated carbocycles. The summed E-state index contributed by atoms with van der Waals surface area (Å²) in [6, 6.07) is 0. The number of carbonyl (C=O) groups is 2. The van der Waals surface area contributed by atoms with Crippen molar-refractivity contribution in [2.45, 2.75) is 137 Å². The van der Waals surface area contributed by atoms with Crippen LogP contribution in [0.1, 0.15) is 108 Å². The molecule has 0 aromatic heterocycles. The smallest absolute Gasteiger partial charge is 0.302 e. The number of allylic oxidation sites excluding steroid dienone is 14. The molecule has 1 aliphatic heterocycles. The van der Waals surface area contributed by atoms with Crippen molar-refractivity contribution >= 4 is 11.8 Å². The number of ketones is 1. The summed E-state index contributed by atoms with van der Waals surface area (Å²) in [4.78, 5) is 24.5. The number of ether oxygens (including phenoxy) is 2. The Bertz CT molecular complexity index is 1510. The van der Waals surface area contributed by atoms with Crippen LogP contribution in [0.5, 0.6) is 0 Å². The Balaban J connectivity index is 1.54. The Morgan fingerprint density at radius 1 is 0.812 bits per heavy atom. The van der Waals surface area contributed by atoms with Gasteiger partial charge in [-0.2, -0.15) is 0 Å². The van der Waals surface area contributed by atoms with Gasteiger partial charge >= 0.3 is 5.97 Å². The van der Waals surface area contributed by atoms with Crippen LogP contribution in [0.15, 0.2) is 100 Å². The summed E-state index contributed by atoms with van der Waals surface area (Å²) in [6.45, 7) is 21.4.